The van der Waals surface area contributed by atoms with Crippen LogP contribution >= 0.6 is 0 Å². The molecule has 0 aliphatic rings. The molecule has 1 aromatic carbocycles. The van der Waals surface area contributed by atoms with E-state index in [1.807, 2.05) is 0 Å². The van der Waals surface area contributed by atoms with Crippen molar-refractivity contribution < 1.29 is 13.2 Å². The first-order valence-electron chi connectivity index (χ1n) is 4.89. The number of aromatic nitrogens is 2. The van der Waals surface area contributed by atoms with Crippen molar-refractivity contribution in [2.75, 3.05) is 5.73 Å². The van der Waals surface area contributed by atoms with Gasteiger partial charge >= 0.3 is 6.18 Å². The van der Waals surface area contributed by atoms with Crippen molar-refractivity contribution in [3.05, 3.63) is 52.7 Å². The van der Waals surface area contributed by atoms with Crippen LogP contribution in [0.25, 0.3) is 5.69 Å². The molecular formula is C11H8F3N3O. The van der Waals surface area contributed by atoms with Gasteiger partial charge in [0, 0.05) is 11.9 Å². The molecule has 0 atom stereocenters. The van der Waals surface area contributed by atoms with Gasteiger partial charge in [-0.1, -0.05) is 6.07 Å². The third-order valence-corrected chi connectivity index (χ3v) is 2.30. The van der Waals surface area contributed by atoms with Crippen LogP contribution < -0.4 is 11.3 Å². The fourth-order valence-electron chi connectivity index (χ4n) is 1.41. The molecule has 0 aliphatic carbocycles. The maximum absolute atomic E-state index is 12.5. The molecule has 1 aromatic heterocycles. The summed E-state index contributed by atoms with van der Waals surface area (Å²) in [4.78, 5) is 14.4. The minimum Gasteiger partial charge on any atom is -0.393 e. The minimum absolute atomic E-state index is 0.130. The summed E-state index contributed by atoms with van der Waals surface area (Å²) in [6, 6.07) is 4.64. The second-order valence-corrected chi connectivity index (χ2v) is 3.59. The minimum atomic E-state index is -4.42. The topological polar surface area (TPSA) is 60.9 Å². The van der Waals surface area contributed by atoms with Gasteiger partial charge in [0.25, 0.3) is 5.56 Å². The highest BCUT2D eigenvalue weighted by molar-refractivity contribution is 5.40. The Labute approximate surface area is 99.5 Å². The Bertz CT molecular complexity index is 634. The second kappa shape index (κ2) is 4.17. The Morgan fingerprint density at radius 2 is 2.00 bits per heavy atom. The first-order chi connectivity index (χ1) is 8.38. The molecule has 2 aromatic rings. The molecule has 0 unspecified atom stereocenters. The molecule has 4 nitrogen and oxygen atoms in total. The van der Waals surface area contributed by atoms with E-state index in [2.05, 4.69) is 4.98 Å². The van der Waals surface area contributed by atoms with Gasteiger partial charge in [-0.05, 0) is 18.2 Å². The van der Waals surface area contributed by atoms with Gasteiger partial charge in [0.15, 0.2) is 0 Å². The molecule has 0 aliphatic heterocycles. The average molecular weight is 255 g/mol. The summed E-state index contributed by atoms with van der Waals surface area (Å²) >= 11 is 0. The summed E-state index contributed by atoms with van der Waals surface area (Å²) in [5, 5.41) is 0. The van der Waals surface area contributed by atoms with Crippen molar-refractivity contribution in [1.29, 1.82) is 0 Å². The predicted octanol–water partition coefficient (Wildman–Crippen LogP) is 1.83. The summed E-state index contributed by atoms with van der Waals surface area (Å²) in [6.45, 7) is 0. The van der Waals surface area contributed by atoms with Crippen molar-refractivity contribution in [2.45, 2.75) is 6.18 Å². The van der Waals surface area contributed by atoms with Crippen LogP contribution in [0.1, 0.15) is 5.56 Å². The number of halogens is 3. The Kier molecular flexibility index (Phi) is 2.82. The van der Waals surface area contributed by atoms with Crippen molar-refractivity contribution in [2.24, 2.45) is 0 Å². The van der Waals surface area contributed by atoms with Gasteiger partial charge in [0.1, 0.15) is 12.0 Å². The average Bonchev–Trinajstić information content (AvgIpc) is 2.32. The molecule has 2 rings (SSSR count). The summed E-state index contributed by atoms with van der Waals surface area (Å²) < 4.78 is 38.8. The fourth-order valence-corrected chi connectivity index (χ4v) is 1.41. The number of nitrogen functional groups attached to an aromatic ring is 1. The molecule has 0 spiro atoms. The highest BCUT2D eigenvalue weighted by Crippen LogP contribution is 2.30. The fraction of sp³-hybridized carbons (Fsp3) is 0.0909. The molecular weight excluding hydrogens is 247 g/mol. The number of nitrogens with zero attached hydrogens (tertiary/aromatic N) is 2. The lowest BCUT2D eigenvalue weighted by Crippen LogP contribution is -2.14. The Hall–Kier alpha value is -2.31. The summed E-state index contributed by atoms with van der Waals surface area (Å²) in [5.74, 6) is 0. The molecule has 1 heterocycles. The normalized spacial score (nSPS) is 11.5. The van der Waals surface area contributed by atoms with Crippen LogP contribution in [0, 0.1) is 0 Å². The van der Waals surface area contributed by atoms with Crippen molar-refractivity contribution >= 4 is 5.69 Å². The smallest absolute Gasteiger partial charge is 0.393 e. The summed E-state index contributed by atoms with van der Waals surface area (Å²) in [7, 11) is 0. The van der Waals surface area contributed by atoms with Crippen molar-refractivity contribution in [3.63, 3.8) is 0 Å². The van der Waals surface area contributed by atoms with E-state index in [-0.39, 0.29) is 11.4 Å². The molecule has 0 saturated heterocycles. The van der Waals surface area contributed by atoms with Gasteiger partial charge < -0.3 is 10.3 Å². The van der Waals surface area contributed by atoms with Crippen molar-refractivity contribution in [3.8, 4) is 5.69 Å². The largest absolute Gasteiger partial charge is 0.416 e. The zero-order valence-electron chi connectivity index (χ0n) is 8.98. The highest BCUT2D eigenvalue weighted by Gasteiger charge is 2.30. The number of benzene rings is 1. The van der Waals surface area contributed by atoms with Gasteiger partial charge in [0.2, 0.25) is 0 Å². The highest BCUT2D eigenvalue weighted by atomic mass is 19.4. The van der Waals surface area contributed by atoms with Crippen LogP contribution in [0.3, 0.4) is 0 Å². The van der Waals surface area contributed by atoms with Gasteiger partial charge in [-0.3, -0.25) is 4.79 Å². The zero-order valence-corrected chi connectivity index (χ0v) is 8.98. The van der Waals surface area contributed by atoms with E-state index in [0.29, 0.717) is 0 Å². The monoisotopic (exact) mass is 255 g/mol. The first-order valence-corrected chi connectivity index (χ1v) is 4.89. The number of nitrogens with two attached hydrogens (primary N) is 1. The number of hydrogen-bond acceptors (Lipinski definition) is 3. The molecule has 0 saturated carbocycles. The van der Waals surface area contributed by atoms with Crippen LogP contribution in [0.2, 0.25) is 0 Å². The van der Waals surface area contributed by atoms with Gasteiger partial charge in [-0.15, -0.1) is 0 Å². The quantitative estimate of drug-likeness (QED) is 0.845. The van der Waals surface area contributed by atoms with E-state index in [9.17, 15) is 18.0 Å². The van der Waals surface area contributed by atoms with E-state index < -0.39 is 17.3 Å². The first kappa shape index (κ1) is 12.2. The maximum Gasteiger partial charge on any atom is 0.416 e. The van der Waals surface area contributed by atoms with E-state index in [0.717, 1.165) is 18.5 Å². The molecule has 7 heteroatoms. The Balaban J connectivity index is 2.51. The maximum atomic E-state index is 12.5. The molecule has 2 N–H and O–H groups in total. The van der Waals surface area contributed by atoms with Crippen LogP contribution in [-0.2, 0) is 6.18 Å². The van der Waals surface area contributed by atoms with Gasteiger partial charge in [-0.2, -0.15) is 18.2 Å². The van der Waals surface area contributed by atoms with E-state index >= 15 is 0 Å². The number of alkyl halides is 3. The SMILES string of the molecule is Nc1cn(-c2cccc(C(F)(F)F)c2)cnc1=O. The van der Waals surface area contributed by atoms with Crippen molar-refractivity contribution in [1.82, 2.24) is 9.55 Å². The second-order valence-electron chi connectivity index (χ2n) is 3.59. The molecule has 18 heavy (non-hydrogen) atoms. The lowest BCUT2D eigenvalue weighted by atomic mass is 10.2. The van der Waals surface area contributed by atoms with E-state index in [1.54, 1.807) is 0 Å². The third-order valence-electron chi connectivity index (χ3n) is 2.30. The molecule has 94 valence electrons. The van der Waals surface area contributed by atoms with E-state index in [4.69, 9.17) is 5.73 Å². The van der Waals surface area contributed by atoms with Crippen LogP contribution in [0.15, 0.2) is 41.6 Å². The Morgan fingerprint density at radius 3 is 2.61 bits per heavy atom. The molecule has 0 bridgehead atoms. The number of rotatable bonds is 1. The van der Waals surface area contributed by atoms with Crippen LogP contribution in [0.5, 0.6) is 0 Å². The third kappa shape index (κ3) is 2.34. The summed E-state index contributed by atoms with van der Waals surface area (Å²) in [5.41, 5.74) is 4.07. The lowest BCUT2D eigenvalue weighted by molar-refractivity contribution is -0.137. The number of hydrogen-bond donors (Lipinski definition) is 1. The van der Waals surface area contributed by atoms with Crippen LogP contribution in [0.4, 0.5) is 18.9 Å². The molecule has 0 amide bonds. The molecule has 0 fully saturated rings. The van der Waals surface area contributed by atoms with E-state index in [1.165, 1.54) is 22.9 Å². The van der Waals surface area contributed by atoms with Crippen LogP contribution in [-0.4, -0.2) is 9.55 Å². The standard InChI is InChI=1S/C11H8F3N3O/c12-11(13,14)7-2-1-3-8(4-7)17-5-9(15)10(18)16-6-17/h1-6H,15H2. The summed E-state index contributed by atoms with van der Waals surface area (Å²) in [6.07, 6.45) is -2.08. The lowest BCUT2D eigenvalue weighted by Gasteiger charge is -2.10. The molecule has 0 radical (unpaired) electrons. The van der Waals surface area contributed by atoms with Gasteiger partial charge in [-0.25, -0.2) is 0 Å². The number of anilines is 1. The Morgan fingerprint density at radius 1 is 1.28 bits per heavy atom. The van der Waals surface area contributed by atoms with Gasteiger partial charge in [0.05, 0.1) is 5.56 Å². The predicted molar refractivity (Wildman–Crippen MR) is 59.2 cm³/mol. The zero-order chi connectivity index (χ0) is 13.3.